The third-order valence-corrected chi connectivity index (χ3v) is 4.64. The van der Waals surface area contributed by atoms with Crippen LogP contribution >= 0.6 is 0 Å². The molecule has 2 aliphatic heterocycles. The van der Waals surface area contributed by atoms with Gasteiger partial charge in [0.15, 0.2) is 0 Å². The highest BCUT2D eigenvalue weighted by molar-refractivity contribution is 5.84. The highest BCUT2D eigenvalue weighted by atomic mass is 16.5. The van der Waals surface area contributed by atoms with Gasteiger partial charge in [0.25, 0.3) is 0 Å². The number of carbonyl (C=O) groups is 4. The molecule has 0 N–H and O–H groups in total. The van der Waals surface area contributed by atoms with Crippen molar-refractivity contribution in [1.82, 2.24) is 9.80 Å². The zero-order valence-electron chi connectivity index (χ0n) is 14.9. The van der Waals surface area contributed by atoms with Crippen LogP contribution in [0.3, 0.4) is 0 Å². The van der Waals surface area contributed by atoms with Crippen LogP contribution in [0.4, 0.5) is 0 Å². The van der Waals surface area contributed by atoms with Crippen molar-refractivity contribution in [1.29, 1.82) is 0 Å². The zero-order chi connectivity index (χ0) is 18.4. The Morgan fingerprint density at radius 3 is 1.56 bits per heavy atom. The molecule has 2 rings (SSSR count). The molecule has 0 aliphatic carbocycles. The molecule has 0 aromatic carbocycles. The summed E-state index contributed by atoms with van der Waals surface area (Å²) in [6, 6.07) is -0.995. The molecule has 0 bridgehead atoms. The lowest BCUT2D eigenvalue weighted by Crippen LogP contribution is -2.40. The van der Waals surface area contributed by atoms with E-state index in [1.807, 2.05) is 0 Å². The Hall–Kier alpha value is -2.12. The molecule has 2 atom stereocenters. The van der Waals surface area contributed by atoms with Gasteiger partial charge in [-0.2, -0.15) is 0 Å². The predicted octanol–water partition coefficient (Wildman–Crippen LogP) is 0.485. The van der Waals surface area contributed by atoms with Crippen molar-refractivity contribution in [2.75, 3.05) is 26.3 Å². The molecule has 2 heterocycles. The van der Waals surface area contributed by atoms with Crippen LogP contribution in [-0.4, -0.2) is 71.9 Å². The molecule has 0 radical (unpaired) electrons. The molecule has 0 spiro atoms. The van der Waals surface area contributed by atoms with Gasteiger partial charge in [-0.1, -0.05) is 0 Å². The van der Waals surface area contributed by atoms with E-state index in [0.717, 1.165) is 12.8 Å². The second kappa shape index (κ2) is 8.82. The van der Waals surface area contributed by atoms with Crippen LogP contribution in [0, 0.1) is 0 Å². The maximum atomic E-state index is 12.0. The number of ether oxygens (including phenoxy) is 2. The monoisotopic (exact) mass is 354 g/mol. The first-order valence-corrected chi connectivity index (χ1v) is 8.79. The SMILES string of the molecule is CC(=O)N1CCCC1C(=O)OCCCOC(=O)C1CCCN1C(C)=O. The number of esters is 2. The second-order valence-electron chi connectivity index (χ2n) is 6.43. The lowest BCUT2D eigenvalue weighted by Gasteiger charge is -2.22. The molecule has 0 aromatic heterocycles. The van der Waals surface area contributed by atoms with Gasteiger partial charge in [0, 0.05) is 33.4 Å². The first kappa shape index (κ1) is 19.2. The fourth-order valence-electron chi connectivity index (χ4n) is 3.37. The summed E-state index contributed by atoms with van der Waals surface area (Å²) in [5, 5.41) is 0. The number of amides is 2. The van der Waals surface area contributed by atoms with Gasteiger partial charge in [0.05, 0.1) is 13.2 Å². The van der Waals surface area contributed by atoms with Crippen molar-refractivity contribution in [3.8, 4) is 0 Å². The van der Waals surface area contributed by atoms with E-state index < -0.39 is 24.0 Å². The van der Waals surface area contributed by atoms with E-state index in [4.69, 9.17) is 9.47 Å². The molecule has 8 nitrogen and oxygen atoms in total. The summed E-state index contributed by atoms with van der Waals surface area (Å²) in [6.45, 7) is 4.32. The van der Waals surface area contributed by atoms with Crippen molar-refractivity contribution < 1.29 is 28.7 Å². The van der Waals surface area contributed by atoms with Crippen LogP contribution < -0.4 is 0 Å². The lowest BCUT2D eigenvalue weighted by molar-refractivity contribution is -0.155. The van der Waals surface area contributed by atoms with Gasteiger partial charge in [-0.25, -0.2) is 9.59 Å². The summed E-state index contributed by atoms with van der Waals surface area (Å²) in [4.78, 5) is 50.0. The van der Waals surface area contributed by atoms with Gasteiger partial charge in [0.1, 0.15) is 12.1 Å². The fraction of sp³-hybridized carbons (Fsp3) is 0.765. The van der Waals surface area contributed by atoms with Gasteiger partial charge < -0.3 is 19.3 Å². The van der Waals surface area contributed by atoms with Gasteiger partial charge in [-0.05, 0) is 25.7 Å². The molecule has 0 aromatic rings. The predicted molar refractivity (Wildman–Crippen MR) is 87.4 cm³/mol. The zero-order valence-corrected chi connectivity index (χ0v) is 14.9. The van der Waals surface area contributed by atoms with E-state index in [2.05, 4.69) is 0 Å². The molecule has 8 heteroatoms. The molecule has 2 aliphatic rings. The summed E-state index contributed by atoms with van der Waals surface area (Å²) in [5.74, 6) is -1.06. The third kappa shape index (κ3) is 4.93. The van der Waals surface area contributed by atoms with E-state index in [9.17, 15) is 19.2 Å². The van der Waals surface area contributed by atoms with Crippen molar-refractivity contribution >= 4 is 23.8 Å². The molecule has 2 amide bonds. The van der Waals surface area contributed by atoms with Crippen LogP contribution in [0.5, 0.6) is 0 Å². The highest BCUT2D eigenvalue weighted by Gasteiger charge is 2.34. The van der Waals surface area contributed by atoms with Gasteiger partial charge in [0.2, 0.25) is 11.8 Å². The van der Waals surface area contributed by atoms with Crippen molar-refractivity contribution in [3.05, 3.63) is 0 Å². The minimum atomic E-state index is -0.498. The summed E-state index contributed by atoms with van der Waals surface area (Å²) in [7, 11) is 0. The second-order valence-corrected chi connectivity index (χ2v) is 6.43. The maximum Gasteiger partial charge on any atom is 0.328 e. The Labute approximate surface area is 147 Å². The molecule has 2 fully saturated rings. The quantitative estimate of drug-likeness (QED) is 0.509. The number of rotatable bonds is 6. The Bertz CT molecular complexity index is 489. The van der Waals surface area contributed by atoms with E-state index in [0.29, 0.717) is 32.4 Å². The summed E-state index contributed by atoms with van der Waals surface area (Å²) >= 11 is 0. The first-order chi connectivity index (χ1) is 11.9. The van der Waals surface area contributed by atoms with Crippen molar-refractivity contribution in [3.63, 3.8) is 0 Å². The van der Waals surface area contributed by atoms with Crippen LogP contribution in [0.25, 0.3) is 0 Å². The average molecular weight is 354 g/mol. The smallest absolute Gasteiger partial charge is 0.328 e. The number of hydrogen-bond donors (Lipinski definition) is 0. The van der Waals surface area contributed by atoms with Crippen LogP contribution in [0.2, 0.25) is 0 Å². The van der Waals surface area contributed by atoms with E-state index in [1.54, 1.807) is 0 Å². The molecular weight excluding hydrogens is 328 g/mol. The summed E-state index contributed by atoms with van der Waals surface area (Å²) < 4.78 is 10.4. The number of hydrogen-bond acceptors (Lipinski definition) is 6. The molecule has 2 unspecified atom stereocenters. The van der Waals surface area contributed by atoms with Gasteiger partial charge >= 0.3 is 11.9 Å². The minimum Gasteiger partial charge on any atom is -0.464 e. The standard InChI is InChI=1S/C17H26N2O6/c1-12(20)18-8-3-6-14(18)16(22)24-10-5-11-25-17(23)15-7-4-9-19(15)13(2)21/h14-15H,3-11H2,1-2H3. The van der Waals surface area contributed by atoms with E-state index in [1.165, 1.54) is 23.6 Å². The topological polar surface area (TPSA) is 93.2 Å². The molecule has 140 valence electrons. The minimum absolute atomic E-state index is 0.125. The molecule has 0 saturated carbocycles. The van der Waals surface area contributed by atoms with Crippen molar-refractivity contribution in [2.45, 2.75) is 58.0 Å². The lowest BCUT2D eigenvalue weighted by atomic mass is 10.2. The van der Waals surface area contributed by atoms with Gasteiger partial charge in [-0.15, -0.1) is 0 Å². The Balaban J connectivity index is 1.64. The highest BCUT2D eigenvalue weighted by Crippen LogP contribution is 2.19. The van der Waals surface area contributed by atoms with Gasteiger partial charge in [-0.3, -0.25) is 9.59 Å². The molecular formula is C17H26N2O6. The Morgan fingerprint density at radius 1 is 0.800 bits per heavy atom. The van der Waals surface area contributed by atoms with Crippen molar-refractivity contribution in [2.24, 2.45) is 0 Å². The normalized spacial score (nSPS) is 22.8. The summed E-state index contributed by atoms with van der Waals surface area (Å²) in [6.07, 6.45) is 3.22. The molecule has 2 saturated heterocycles. The van der Waals surface area contributed by atoms with Crippen LogP contribution in [0.1, 0.15) is 46.0 Å². The number of likely N-dealkylation sites (tertiary alicyclic amines) is 2. The average Bonchev–Trinajstić information content (AvgIpc) is 3.23. The first-order valence-electron chi connectivity index (χ1n) is 8.79. The van der Waals surface area contributed by atoms with E-state index in [-0.39, 0.29) is 25.0 Å². The fourth-order valence-corrected chi connectivity index (χ4v) is 3.37. The van der Waals surface area contributed by atoms with Crippen LogP contribution in [0.15, 0.2) is 0 Å². The number of carbonyl (C=O) groups excluding carboxylic acids is 4. The van der Waals surface area contributed by atoms with E-state index >= 15 is 0 Å². The number of nitrogens with zero attached hydrogens (tertiary/aromatic N) is 2. The third-order valence-electron chi connectivity index (χ3n) is 4.64. The Morgan fingerprint density at radius 2 is 1.20 bits per heavy atom. The Kier molecular flexibility index (Phi) is 6.78. The summed E-state index contributed by atoms with van der Waals surface area (Å²) in [5.41, 5.74) is 0. The largest absolute Gasteiger partial charge is 0.464 e. The van der Waals surface area contributed by atoms with Crippen LogP contribution in [-0.2, 0) is 28.7 Å². The maximum absolute atomic E-state index is 12.0. The molecule has 25 heavy (non-hydrogen) atoms.